The van der Waals surface area contributed by atoms with Crippen LogP contribution in [-0.4, -0.2) is 39.9 Å². The molecule has 27 heavy (non-hydrogen) atoms. The number of ether oxygens (including phenoxy) is 1. The molecule has 0 spiro atoms. The minimum absolute atomic E-state index is 0.0139. The standard InChI is InChI=1S/C21H24N4O2/c1-14(2)25-20(8-10-23-25)21(26)24-19-13-27-12-16(19)11-15-7-9-22-18-6-4-3-5-17(15)18/h3-10,14,16,19H,11-13H2,1-2H3,(H,24,26)/t16-,19+/m1/s1. The van der Waals surface area contributed by atoms with Gasteiger partial charge in [-0.1, -0.05) is 18.2 Å². The van der Waals surface area contributed by atoms with Crippen LogP contribution in [-0.2, 0) is 11.2 Å². The largest absolute Gasteiger partial charge is 0.379 e. The highest BCUT2D eigenvalue weighted by atomic mass is 16.5. The van der Waals surface area contributed by atoms with Gasteiger partial charge in [0.25, 0.3) is 5.91 Å². The van der Waals surface area contributed by atoms with E-state index in [0.29, 0.717) is 18.9 Å². The Hall–Kier alpha value is -2.73. The van der Waals surface area contributed by atoms with Crippen LogP contribution in [0, 0.1) is 5.92 Å². The Morgan fingerprint density at radius 1 is 1.22 bits per heavy atom. The van der Waals surface area contributed by atoms with Crippen molar-refractivity contribution in [3.05, 3.63) is 60.0 Å². The van der Waals surface area contributed by atoms with Gasteiger partial charge in [0, 0.05) is 29.7 Å². The minimum atomic E-state index is -0.0960. The van der Waals surface area contributed by atoms with Crippen molar-refractivity contribution in [1.29, 1.82) is 0 Å². The Bertz CT molecular complexity index is 945. The van der Waals surface area contributed by atoms with Crippen LogP contribution in [0.3, 0.4) is 0 Å². The summed E-state index contributed by atoms with van der Waals surface area (Å²) in [6.45, 7) is 5.21. The van der Waals surface area contributed by atoms with Gasteiger partial charge in [-0.05, 0) is 44.0 Å². The second-order valence-electron chi connectivity index (χ2n) is 7.32. The number of carbonyl (C=O) groups excluding carboxylic acids is 1. The molecule has 1 saturated heterocycles. The van der Waals surface area contributed by atoms with Crippen molar-refractivity contribution >= 4 is 16.8 Å². The molecular formula is C21H24N4O2. The van der Waals surface area contributed by atoms with Gasteiger partial charge in [-0.3, -0.25) is 14.5 Å². The fourth-order valence-electron chi connectivity index (χ4n) is 3.72. The molecule has 140 valence electrons. The van der Waals surface area contributed by atoms with Crippen LogP contribution in [0.1, 0.15) is 35.9 Å². The van der Waals surface area contributed by atoms with Gasteiger partial charge in [-0.25, -0.2) is 0 Å². The SMILES string of the molecule is CC(C)n1nccc1C(=O)N[C@H]1COC[C@H]1Cc1ccnc2ccccc12. The van der Waals surface area contributed by atoms with Gasteiger partial charge in [-0.2, -0.15) is 5.10 Å². The molecule has 1 aromatic carbocycles. The van der Waals surface area contributed by atoms with E-state index in [1.807, 2.05) is 38.2 Å². The van der Waals surface area contributed by atoms with E-state index in [1.165, 1.54) is 5.56 Å². The average molecular weight is 364 g/mol. The van der Waals surface area contributed by atoms with Crippen molar-refractivity contribution in [2.24, 2.45) is 5.92 Å². The van der Waals surface area contributed by atoms with E-state index in [9.17, 15) is 4.79 Å². The number of fused-ring (bicyclic) bond motifs is 1. The summed E-state index contributed by atoms with van der Waals surface area (Å²) in [5.74, 6) is 0.136. The number of carbonyl (C=O) groups is 1. The molecule has 2 atom stereocenters. The van der Waals surface area contributed by atoms with Crippen LogP contribution >= 0.6 is 0 Å². The summed E-state index contributed by atoms with van der Waals surface area (Å²) in [7, 11) is 0. The van der Waals surface area contributed by atoms with Gasteiger partial charge in [0.2, 0.25) is 0 Å². The average Bonchev–Trinajstić information content (AvgIpc) is 3.32. The molecule has 1 fully saturated rings. The highest BCUT2D eigenvalue weighted by molar-refractivity contribution is 5.92. The first kappa shape index (κ1) is 17.7. The fourth-order valence-corrected chi connectivity index (χ4v) is 3.72. The molecule has 0 aliphatic carbocycles. The van der Waals surface area contributed by atoms with E-state index in [1.54, 1.807) is 16.9 Å². The van der Waals surface area contributed by atoms with E-state index in [0.717, 1.165) is 17.3 Å². The second-order valence-corrected chi connectivity index (χ2v) is 7.32. The molecule has 1 aliphatic rings. The molecule has 0 unspecified atom stereocenters. The molecule has 3 aromatic rings. The second kappa shape index (κ2) is 7.48. The smallest absolute Gasteiger partial charge is 0.269 e. The molecule has 6 heteroatoms. The molecular weight excluding hydrogens is 340 g/mol. The third kappa shape index (κ3) is 3.57. The molecule has 1 amide bonds. The number of rotatable bonds is 5. The van der Waals surface area contributed by atoms with Crippen molar-refractivity contribution in [2.45, 2.75) is 32.4 Å². The Labute approximate surface area is 158 Å². The number of hydrogen-bond acceptors (Lipinski definition) is 4. The van der Waals surface area contributed by atoms with Crippen LogP contribution in [0.5, 0.6) is 0 Å². The van der Waals surface area contributed by atoms with Crippen molar-refractivity contribution in [2.75, 3.05) is 13.2 Å². The Morgan fingerprint density at radius 2 is 2.07 bits per heavy atom. The first-order valence-electron chi connectivity index (χ1n) is 9.38. The van der Waals surface area contributed by atoms with Gasteiger partial charge in [-0.15, -0.1) is 0 Å². The number of hydrogen-bond donors (Lipinski definition) is 1. The molecule has 0 radical (unpaired) electrons. The van der Waals surface area contributed by atoms with Crippen LogP contribution in [0.2, 0.25) is 0 Å². The lowest BCUT2D eigenvalue weighted by molar-refractivity contribution is 0.0912. The summed E-state index contributed by atoms with van der Waals surface area (Å²) in [6.07, 6.45) is 4.36. The third-order valence-corrected chi connectivity index (χ3v) is 5.13. The predicted octanol–water partition coefficient (Wildman–Crippen LogP) is 3.00. The van der Waals surface area contributed by atoms with Gasteiger partial charge < -0.3 is 10.1 Å². The first-order valence-corrected chi connectivity index (χ1v) is 9.38. The van der Waals surface area contributed by atoms with Crippen molar-refractivity contribution in [3.8, 4) is 0 Å². The Kier molecular flexibility index (Phi) is 4.90. The number of nitrogens with zero attached hydrogens (tertiary/aromatic N) is 3. The molecule has 1 aliphatic heterocycles. The first-order chi connectivity index (χ1) is 13.1. The number of benzene rings is 1. The summed E-state index contributed by atoms with van der Waals surface area (Å²) < 4.78 is 7.44. The molecule has 4 rings (SSSR count). The maximum Gasteiger partial charge on any atom is 0.269 e. The lowest BCUT2D eigenvalue weighted by Gasteiger charge is -2.20. The van der Waals surface area contributed by atoms with Gasteiger partial charge in [0.1, 0.15) is 5.69 Å². The van der Waals surface area contributed by atoms with E-state index in [4.69, 9.17) is 4.74 Å². The van der Waals surface area contributed by atoms with Crippen molar-refractivity contribution < 1.29 is 9.53 Å². The maximum absolute atomic E-state index is 12.8. The minimum Gasteiger partial charge on any atom is -0.379 e. The van der Waals surface area contributed by atoms with E-state index in [-0.39, 0.29) is 23.9 Å². The maximum atomic E-state index is 12.8. The van der Waals surface area contributed by atoms with Crippen LogP contribution in [0.15, 0.2) is 48.8 Å². The Morgan fingerprint density at radius 3 is 2.93 bits per heavy atom. The quantitative estimate of drug-likeness (QED) is 0.756. The molecule has 0 saturated carbocycles. The zero-order valence-corrected chi connectivity index (χ0v) is 15.6. The Balaban J connectivity index is 1.51. The normalized spacial score (nSPS) is 19.7. The topological polar surface area (TPSA) is 69.0 Å². The van der Waals surface area contributed by atoms with E-state index < -0.39 is 0 Å². The molecule has 2 aromatic heterocycles. The van der Waals surface area contributed by atoms with Crippen LogP contribution in [0.25, 0.3) is 10.9 Å². The van der Waals surface area contributed by atoms with Crippen molar-refractivity contribution in [3.63, 3.8) is 0 Å². The summed E-state index contributed by atoms with van der Waals surface area (Å²) in [5.41, 5.74) is 2.82. The lowest BCUT2D eigenvalue weighted by Crippen LogP contribution is -2.41. The highest BCUT2D eigenvalue weighted by Gasteiger charge is 2.31. The van der Waals surface area contributed by atoms with Crippen LogP contribution in [0.4, 0.5) is 0 Å². The zero-order valence-electron chi connectivity index (χ0n) is 15.6. The van der Waals surface area contributed by atoms with Gasteiger partial charge >= 0.3 is 0 Å². The molecule has 6 nitrogen and oxygen atoms in total. The number of aromatic nitrogens is 3. The van der Waals surface area contributed by atoms with Gasteiger partial charge in [0.05, 0.1) is 24.8 Å². The van der Waals surface area contributed by atoms with Crippen LogP contribution < -0.4 is 5.32 Å². The van der Waals surface area contributed by atoms with E-state index in [2.05, 4.69) is 27.5 Å². The summed E-state index contributed by atoms with van der Waals surface area (Å²) in [5, 5.41) is 8.57. The van der Waals surface area contributed by atoms with E-state index >= 15 is 0 Å². The molecule has 0 bridgehead atoms. The number of para-hydroxylation sites is 1. The number of amides is 1. The summed E-state index contributed by atoms with van der Waals surface area (Å²) in [6, 6.07) is 12.1. The third-order valence-electron chi connectivity index (χ3n) is 5.13. The van der Waals surface area contributed by atoms with Crippen molar-refractivity contribution in [1.82, 2.24) is 20.1 Å². The number of pyridine rings is 1. The van der Waals surface area contributed by atoms with Gasteiger partial charge in [0.15, 0.2) is 0 Å². The molecule has 3 heterocycles. The molecule has 1 N–H and O–H groups in total. The highest BCUT2D eigenvalue weighted by Crippen LogP contribution is 2.24. The zero-order chi connectivity index (χ0) is 18.8. The summed E-state index contributed by atoms with van der Waals surface area (Å²) in [4.78, 5) is 17.2. The predicted molar refractivity (Wildman–Crippen MR) is 104 cm³/mol. The monoisotopic (exact) mass is 364 g/mol. The number of nitrogens with one attached hydrogen (secondary N) is 1. The fraction of sp³-hybridized carbons (Fsp3) is 0.381. The summed E-state index contributed by atoms with van der Waals surface area (Å²) >= 11 is 0. The lowest BCUT2D eigenvalue weighted by atomic mass is 9.93.